The van der Waals surface area contributed by atoms with Crippen LogP contribution < -0.4 is 10.2 Å². The number of carbonyl (C=O) groups is 1. The van der Waals surface area contributed by atoms with E-state index >= 15 is 0 Å². The fourth-order valence-electron chi connectivity index (χ4n) is 1.63. The van der Waals surface area contributed by atoms with Crippen molar-refractivity contribution in [3.8, 4) is 0 Å². The van der Waals surface area contributed by atoms with Gasteiger partial charge in [-0.2, -0.15) is 0 Å². The molecule has 20 heavy (non-hydrogen) atoms. The zero-order chi connectivity index (χ0) is 15.3. The van der Waals surface area contributed by atoms with Gasteiger partial charge in [-0.1, -0.05) is 13.8 Å². The number of amides is 1. The minimum absolute atomic E-state index is 0.0191. The molecule has 0 bridgehead atoms. The molecule has 0 heterocycles. The summed E-state index contributed by atoms with van der Waals surface area (Å²) in [5.74, 6) is 0.0141. The van der Waals surface area contributed by atoms with Crippen LogP contribution >= 0.6 is 0 Å². The maximum absolute atomic E-state index is 11.4. The Balaban J connectivity index is 2.56. The summed E-state index contributed by atoms with van der Waals surface area (Å²) in [5.41, 5.74) is 0.913. The third kappa shape index (κ3) is 4.85. The van der Waals surface area contributed by atoms with Crippen LogP contribution in [0.15, 0.2) is 29.2 Å². The second-order valence-electron chi connectivity index (χ2n) is 5.13. The van der Waals surface area contributed by atoms with Crippen molar-refractivity contribution in [3.05, 3.63) is 24.3 Å². The molecule has 0 saturated carbocycles. The minimum Gasteiger partial charge on any atom is -0.373 e. The van der Waals surface area contributed by atoms with E-state index in [1.807, 2.05) is 25.8 Å². The van der Waals surface area contributed by atoms with Gasteiger partial charge in [0.05, 0.1) is 4.90 Å². The van der Waals surface area contributed by atoms with E-state index in [1.165, 1.54) is 6.26 Å². The van der Waals surface area contributed by atoms with Gasteiger partial charge in [0, 0.05) is 38.0 Å². The number of nitrogens with zero attached hydrogens (tertiary/aromatic N) is 1. The van der Waals surface area contributed by atoms with E-state index in [2.05, 4.69) is 5.32 Å². The van der Waals surface area contributed by atoms with E-state index in [9.17, 15) is 13.2 Å². The fourth-order valence-corrected chi connectivity index (χ4v) is 2.26. The standard InChI is InChI=1S/C14H22N2O3S/c1-11(2)14(17)15-9-10-16(3)12-5-7-13(8-6-12)20(4,18)19/h5-8,11H,9-10H2,1-4H3,(H,15,17). The van der Waals surface area contributed by atoms with Crippen LogP contribution in [0, 0.1) is 5.92 Å². The lowest BCUT2D eigenvalue weighted by atomic mass is 10.2. The van der Waals surface area contributed by atoms with E-state index in [4.69, 9.17) is 0 Å². The summed E-state index contributed by atoms with van der Waals surface area (Å²) in [6, 6.07) is 6.71. The van der Waals surface area contributed by atoms with Gasteiger partial charge in [0.1, 0.15) is 0 Å². The van der Waals surface area contributed by atoms with Gasteiger partial charge in [-0.05, 0) is 24.3 Å². The first-order valence-electron chi connectivity index (χ1n) is 6.51. The number of benzene rings is 1. The molecule has 1 amide bonds. The van der Waals surface area contributed by atoms with Gasteiger partial charge in [-0.25, -0.2) is 8.42 Å². The summed E-state index contributed by atoms with van der Waals surface area (Å²) in [6.07, 6.45) is 1.19. The quantitative estimate of drug-likeness (QED) is 0.859. The second-order valence-corrected chi connectivity index (χ2v) is 7.15. The Morgan fingerprint density at radius 1 is 1.25 bits per heavy atom. The average molecular weight is 298 g/mol. The monoisotopic (exact) mass is 298 g/mol. The first kappa shape index (κ1) is 16.5. The molecule has 1 aromatic rings. The first-order chi connectivity index (χ1) is 9.21. The Bertz CT molecular complexity index is 550. The van der Waals surface area contributed by atoms with Gasteiger partial charge >= 0.3 is 0 Å². The van der Waals surface area contributed by atoms with Crippen molar-refractivity contribution in [1.82, 2.24) is 5.32 Å². The molecule has 0 saturated heterocycles. The molecule has 0 spiro atoms. The average Bonchev–Trinajstić information content (AvgIpc) is 2.37. The fraction of sp³-hybridized carbons (Fsp3) is 0.500. The lowest BCUT2D eigenvalue weighted by Gasteiger charge is -2.20. The van der Waals surface area contributed by atoms with Gasteiger partial charge in [0.15, 0.2) is 9.84 Å². The Kier molecular flexibility index (Phi) is 5.56. The van der Waals surface area contributed by atoms with E-state index in [-0.39, 0.29) is 11.8 Å². The summed E-state index contributed by atoms with van der Waals surface area (Å²) in [4.78, 5) is 13.7. The smallest absolute Gasteiger partial charge is 0.222 e. The third-order valence-corrected chi connectivity index (χ3v) is 4.10. The van der Waals surface area contributed by atoms with Crippen LogP contribution in [0.1, 0.15) is 13.8 Å². The van der Waals surface area contributed by atoms with Crippen LogP contribution in [-0.4, -0.2) is 40.7 Å². The summed E-state index contributed by atoms with van der Waals surface area (Å²) < 4.78 is 22.7. The molecule has 1 rings (SSSR count). The number of hydrogen-bond acceptors (Lipinski definition) is 4. The molecule has 6 heteroatoms. The topological polar surface area (TPSA) is 66.5 Å². The van der Waals surface area contributed by atoms with Crippen molar-refractivity contribution < 1.29 is 13.2 Å². The van der Waals surface area contributed by atoms with E-state index in [1.54, 1.807) is 24.3 Å². The molecule has 0 aliphatic rings. The number of anilines is 1. The number of sulfone groups is 1. The van der Waals surface area contributed by atoms with Gasteiger partial charge < -0.3 is 10.2 Å². The molecule has 0 unspecified atom stereocenters. The lowest BCUT2D eigenvalue weighted by Crippen LogP contribution is -2.35. The zero-order valence-electron chi connectivity index (χ0n) is 12.4. The highest BCUT2D eigenvalue weighted by Crippen LogP contribution is 2.16. The summed E-state index contributed by atoms with van der Waals surface area (Å²) >= 11 is 0. The second kappa shape index (κ2) is 6.74. The molecule has 0 aromatic heterocycles. The Hall–Kier alpha value is -1.56. The number of nitrogens with one attached hydrogen (secondary N) is 1. The first-order valence-corrected chi connectivity index (χ1v) is 8.40. The normalized spacial score (nSPS) is 11.4. The molecule has 0 radical (unpaired) electrons. The van der Waals surface area contributed by atoms with E-state index < -0.39 is 9.84 Å². The van der Waals surface area contributed by atoms with Crippen LogP contribution in [-0.2, 0) is 14.6 Å². The third-order valence-electron chi connectivity index (χ3n) is 2.98. The Morgan fingerprint density at radius 3 is 2.25 bits per heavy atom. The Labute approximate surface area is 120 Å². The maximum atomic E-state index is 11.4. The largest absolute Gasteiger partial charge is 0.373 e. The number of carbonyl (C=O) groups excluding carboxylic acids is 1. The molecule has 0 aliphatic carbocycles. The van der Waals surface area contributed by atoms with Crippen molar-refractivity contribution in [3.63, 3.8) is 0 Å². The molecule has 112 valence electrons. The Morgan fingerprint density at radius 2 is 1.80 bits per heavy atom. The van der Waals surface area contributed by atoms with Crippen molar-refractivity contribution in [1.29, 1.82) is 0 Å². The predicted octanol–water partition coefficient (Wildman–Crippen LogP) is 1.30. The van der Waals surface area contributed by atoms with Crippen molar-refractivity contribution in [2.75, 3.05) is 31.3 Å². The van der Waals surface area contributed by atoms with Crippen molar-refractivity contribution >= 4 is 21.4 Å². The number of hydrogen-bond donors (Lipinski definition) is 1. The number of likely N-dealkylation sites (N-methyl/N-ethyl adjacent to an activating group) is 1. The van der Waals surface area contributed by atoms with Gasteiger partial charge in [-0.15, -0.1) is 0 Å². The lowest BCUT2D eigenvalue weighted by molar-refractivity contribution is -0.123. The predicted molar refractivity (Wildman–Crippen MR) is 80.7 cm³/mol. The van der Waals surface area contributed by atoms with Crippen LogP contribution in [0.5, 0.6) is 0 Å². The molecule has 1 aromatic carbocycles. The highest BCUT2D eigenvalue weighted by molar-refractivity contribution is 7.90. The maximum Gasteiger partial charge on any atom is 0.222 e. The molecular weight excluding hydrogens is 276 g/mol. The summed E-state index contributed by atoms with van der Waals surface area (Å²) in [6.45, 7) is 4.92. The minimum atomic E-state index is -3.16. The van der Waals surface area contributed by atoms with Crippen LogP contribution in [0.4, 0.5) is 5.69 Å². The van der Waals surface area contributed by atoms with Gasteiger partial charge in [0.2, 0.25) is 5.91 Å². The molecule has 0 atom stereocenters. The van der Waals surface area contributed by atoms with Crippen molar-refractivity contribution in [2.24, 2.45) is 5.92 Å². The highest BCUT2D eigenvalue weighted by Gasteiger charge is 2.09. The van der Waals surface area contributed by atoms with E-state index in [0.717, 1.165) is 5.69 Å². The van der Waals surface area contributed by atoms with E-state index in [0.29, 0.717) is 18.0 Å². The highest BCUT2D eigenvalue weighted by atomic mass is 32.2. The molecule has 1 N–H and O–H groups in total. The molecule has 5 nitrogen and oxygen atoms in total. The number of rotatable bonds is 6. The summed E-state index contributed by atoms with van der Waals surface area (Å²) in [5, 5.41) is 2.84. The SMILES string of the molecule is CC(C)C(=O)NCCN(C)c1ccc(S(C)(=O)=O)cc1. The summed E-state index contributed by atoms with van der Waals surface area (Å²) in [7, 11) is -1.26. The van der Waals surface area contributed by atoms with Crippen LogP contribution in [0.25, 0.3) is 0 Å². The molecule has 0 aliphatic heterocycles. The molecular formula is C14H22N2O3S. The van der Waals surface area contributed by atoms with Crippen LogP contribution in [0.2, 0.25) is 0 Å². The van der Waals surface area contributed by atoms with Gasteiger partial charge in [-0.3, -0.25) is 4.79 Å². The van der Waals surface area contributed by atoms with Gasteiger partial charge in [0.25, 0.3) is 0 Å². The van der Waals surface area contributed by atoms with Crippen molar-refractivity contribution in [2.45, 2.75) is 18.7 Å². The van der Waals surface area contributed by atoms with Crippen LogP contribution in [0.3, 0.4) is 0 Å². The molecule has 0 fully saturated rings. The zero-order valence-corrected chi connectivity index (χ0v) is 13.2.